The molecule has 0 amide bonds. The third-order valence-corrected chi connectivity index (χ3v) is 2.65. The van der Waals surface area contributed by atoms with E-state index >= 15 is 0 Å². The second-order valence-corrected chi connectivity index (χ2v) is 4.69. The molecule has 0 aliphatic rings. The first kappa shape index (κ1) is 11.7. The zero-order chi connectivity index (χ0) is 12.3. The van der Waals surface area contributed by atoms with Crippen LogP contribution in [-0.4, -0.2) is 16.0 Å². The number of hydrogen-bond donors (Lipinski definition) is 0. The van der Waals surface area contributed by atoms with Gasteiger partial charge in [0.2, 0.25) is 0 Å². The number of carbonyl (C=O) groups excluding carboxylic acids is 1. The number of aromatic nitrogens is 2. The number of hydrogen-bond acceptors (Lipinski definition) is 3. The maximum absolute atomic E-state index is 11.8. The monoisotopic (exact) mass is 228 g/mol. The average Bonchev–Trinajstić information content (AvgIpc) is 2.28. The minimum atomic E-state index is 0.227. The zero-order valence-corrected chi connectivity index (χ0v) is 10.2. The van der Waals surface area contributed by atoms with E-state index in [1.165, 1.54) is 0 Å². The van der Waals surface area contributed by atoms with Gasteiger partial charge in [0.05, 0.1) is 18.3 Å². The van der Waals surface area contributed by atoms with E-state index < -0.39 is 0 Å². The van der Waals surface area contributed by atoms with Crippen LogP contribution in [0.1, 0.15) is 26.0 Å². The summed E-state index contributed by atoms with van der Waals surface area (Å²) in [5.41, 5.74) is 0.786. The van der Waals surface area contributed by atoms with Gasteiger partial charge in [0.1, 0.15) is 5.78 Å². The minimum Gasteiger partial charge on any atom is -0.299 e. The lowest BCUT2D eigenvalue weighted by molar-refractivity contribution is -0.119. The Hall–Kier alpha value is -1.77. The van der Waals surface area contributed by atoms with Crippen LogP contribution in [0, 0.1) is 5.92 Å². The van der Waals surface area contributed by atoms with Crippen molar-refractivity contribution in [1.29, 1.82) is 0 Å². The van der Waals surface area contributed by atoms with Crippen LogP contribution in [0.4, 0.5) is 0 Å². The van der Waals surface area contributed by atoms with Crippen LogP contribution in [0.3, 0.4) is 0 Å². The van der Waals surface area contributed by atoms with Crippen LogP contribution >= 0.6 is 0 Å². The fourth-order valence-corrected chi connectivity index (χ4v) is 1.93. The first-order valence-corrected chi connectivity index (χ1v) is 5.88. The Morgan fingerprint density at radius 3 is 2.82 bits per heavy atom. The van der Waals surface area contributed by atoms with Crippen LogP contribution in [0.5, 0.6) is 0 Å². The number of Topliss-reactive ketones (excluding diaryl/α,β-unsaturated/α-hetero) is 1. The van der Waals surface area contributed by atoms with E-state index in [2.05, 4.69) is 10.2 Å². The molecule has 1 aromatic heterocycles. The Balaban J connectivity index is 2.27. The molecule has 0 spiro atoms. The van der Waals surface area contributed by atoms with Crippen LogP contribution in [-0.2, 0) is 11.2 Å². The highest BCUT2D eigenvalue weighted by Crippen LogP contribution is 2.16. The zero-order valence-electron chi connectivity index (χ0n) is 10.2. The molecule has 2 rings (SSSR count). The van der Waals surface area contributed by atoms with Gasteiger partial charge in [0.15, 0.2) is 0 Å². The van der Waals surface area contributed by atoms with Crippen molar-refractivity contribution in [2.45, 2.75) is 26.7 Å². The molecule has 3 heteroatoms. The molecule has 0 saturated carbocycles. The standard InChI is InChI=1S/C14H16N2O/c1-10(2)7-12(17)8-14-13-6-4-3-5-11(13)9-15-16-14/h3-6,9-10H,7-8H2,1-2H3. The molecule has 0 unspecified atom stereocenters. The van der Waals surface area contributed by atoms with Crippen molar-refractivity contribution >= 4 is 16.6 Å². The lowest BCUT2D eigenvalue weighted by Gasteiger charge is -2.05. The van der Waals surface area contributed by atoms with Crippen molar-refractivity contribution in [3.05, 3.63) is 36.2 Å². The molecule has 17 heavy (non-hydrogen) atoms. The molecular formula is C14H16N2O. The smallest absolute Gasteiger partial charge is 0.139 e. The van der Waals surface area contributed by atoms with Gasteiger partial charge in [-0.25, -0.2) is 0 Å². The van der Waals surface area contributed by atoms with Crippen molar-refractivity contribution in [2.75, 3.05) is 0 Å². The number of fused-ring (bicyclic) bond motifs is 1. The quantitative estimate of drug-likeness (QED) is 0.808. The molecule has 3 nitrogen and oxygen atoms in total. The van der Waals surface area contributed by atoms with Gasteiger partial charge >= 0.3 is 0 Å². The van der Waals surface area contributed by atoms with E-state index in [1.807, 2.05) is 38.1 Å². The van der Waals surface area contributed by atoms with Crippen molar-refractivity contribution in [3.8, 4) is 0 Å². The number of ketones is 1. The summed E-state index contributed by atoms with van der Waals surface area (Å²) in [6, 6.07) is 7.90. The maximum Gasteiger partial charge on any atom is 0.139 e. The van der Waals surface area contributed by atoms with Crippen molar-refractivity contribution in [3.63, 3.8) is 0 Å². The summed E-state index contributed by atoms with van der Waals surface area (Å²) in [6.45, 7) is 4.10. The van der Waals surface area contributed by atoms with Gasteiger partial charge in [0.25, 0.3) is 0 Å². The van der Waals surface area contributed by atoms with Crippen molar-refractivity contribution in [1.82, 2.24) is 10.2 Å². The third kappa shape index (κ3) is 2.87. The fourth-order valence-electron chi connectivity index (χ4n) is 1.93. The van der Waals surface area contributed by atoms with E-state index in [0.717, 1.165) is 16.5 Å². The maximum atomic E-state index is 11.8. The Morgan fingerprint density at radius 2 is 2.06 bits per heavy atom. The van der Waals surface area contributed by atoms with Gasteiger partial charge in [0, 0.05) is 17.2 Å². The summed E-state index contributed by atoms with van der Waals surface area (Å²) >= 11 is 0. The molecule has 0 fully saturated rings. The predicted octanol–water partition coefficient (Wildman–Crippen LogP) is 2.79. The molecule has 1 heterocycles. The first-order valence-electron chi connectivity index (χ1n) is 5.88. The molecule has 0 bridgehead atoms. The number of carbonyl (C=O) groups is 1. The van der Waals surface area contributed by atoms with E-state index in [4.69, 9.17) is 0 Å². The summed E-state index contributed by atoms with van der Waals surface area (Å²) in [5, 5.41) is 10.1. The van der Waals surface area contributed by atoms with E-state index in [9.17, 15) is 4.79 Å². The van der Waals surface area contributed by atoms with Crippen LogP contribution in [0.25, 0.3) is 10.8 Å². The molecular weight excluding hydrogens is 212 g/mol. The molecule has 0 radical (unpaired) electrons. The van der Waals surface area contributed by atoms with Gasteiger partial charge in [-0.1, -0.05) is 38.1 Å². The van der Waals surface area contributed by atoms with Gasteiger partial charge in [-0.15, -0.1) is 0 Å². The number of benzene rings is 1. The summed E-state index contributed by atoms with van der Waals surface area (Å²) in [7, 11) is 0. The summed E-state index contributed by atoms with van der Waals surface area (Å²) in [6.07, 6.45) is 2.71. The average molecular weight is 228 g/mol. The van der Waals surface area contributed by atoms with Gasteiger partial charge in [-0.05, 0) is 5.92 Å². The summed E-state index contributed by atoms with van der Waals surface area (Å²) in [5.74, 6) is 0.621. The Bertz CT molecular complexity index is 529. The van der Waals surface area contributed by atoms with Gasteiger partial charge < -0.3 is 0 Å². The number of rotatable bonds is 4. The SMILES string of the molecule is CC(C)CC(=O)Cc1nncc2ccccc12. The summed E-state index contributed by atoms with van der Waals surface area (Å²) in [4.78, 5) is 11.8. The second kappa shape index (κ2) is 5.04. The topological polar surface area (TPSA) is 42.9 Å². The molecule has 0 aliphatic carbocycles. The van der Waals surface area contributed by atoms with Gasteiger partial charge in [-0.2, -0.15) is 10.2 Å². The molecule has 0 saturated heterocycles. The lowest BCUT2D eigenvalue weighted by atomic mass is 10.0. The van der Waals surface area contributed by atoms with E-state index in [1.54, 1.807) is 6.20 Å². The third-order valence-electron chi connectivity index (χ3n) is 2.65. The Labute approximate surface area is 101 Å². The highest BCUT2D eigenvalue weighted by Gasteiger charge is 2.10. The largest absolute Gasteiger partial charge is 0.299 e. The normalized spacial score (nSPS) is 11.0. The van der Waals surface area contributed by atoms with E-state index in [-0.39, 0.29) is 5.78 Å². The molecule has 0 aliphatic heterocycles. The highest BCUT2D eigenvalue weighted by atomic mass is 16.1. The van der Waals surface area contributed by atoms with Crippen LogP contribution in [0.2, 0.25) is 0 Å². The Morgan fingerprint density at radius 1 is 1.29 bits per heavy atom. The van der Waals surface area contributed by atoms with Crippen LogP contribution in [0.15, 0.2) is 30.5 Å². The molecule has 0 N–H and O–H groups in total. The van der Waals surface area contributed by atoms with E-state index in [0.29, 0.717) is 18.8 Å². The van der Waals surface area contributed by atoms with Crippen molar-refractivity contribution < 1.29 is 4.79 Å². The summed E-state index contributed by atoms with van der Waals surface area (Å²) < 4.78 is 0. The number of nitrogens with zero attached hydrogens (tertiary/aromatic N) is 2. The van der Waals surface area contributed by atoms with Gasteiger partial charge in [-0.3, -0.25) is 4.79 Å². The predicted molar refractivity (Wildman–Crippen MR) is 67.7 cm³/mol. The Kier molecular flexibility index (Phi) is 3.47. The van der Waals surface area contributed by atoms with Crippen molar-refractivity contribution in [2.24, 2.45) is 5.92 Å². The lowest BCUT2D eigenvalue weighted by Crippen LogP contribution is -2.08. The minimum absolute atomic E-state index is 0.227. The fraction of sp³-hybridized carbons (Fsp3) is 0.357. The molecule has 0 atom stereocenters. The van der Waals surface area contributed by atoms with Crippen LogP contribution < -0.4 is 0 Å². The molecule has 2 aromatic rings. The second-order valence-electron chi connectivity index (χ2n) is 4.69. The highest BCUT2D eigenvalue weighted by molar-refractivity contribution is 5.89. The molecule has 88 valence electrons. The molecule has 1 aromatic carbocycles. The first-order chi connectivity index (χ1) is 8.16.